The summed E-state index contributed by atoms with van der Waals surface area (Å²) in [7, 11) is 2.00. The van der Waals surface area contributed by atoms with Crippen LogP contribution >= 0.6 is 0 Å². The number of hydrogen-bond acceptors (Lipinski definition) is 5. The molecule has 1 saturated heterocycles. The fourth-order valence-corrected chi connectivity index (χ4v) is 4.33. The number of anilines is 1. The molecule has 0 N–H and O–H groups in total. The van der Waals surface area contributed by atoms with Crippen LogP contribution in [-0.4, -0.2) is 50.6 Å². The number of fused-ring (bicyclic) bond motifs is 1. The first-order chi connectivity index (χ1) is 13.5. The topological polar surface area (TPSA) is 59.2 Å². The Kier molecular flexibility index (Phi) is 5.53. The molecule has 7 heteroatoms. The molecular weight excluding hydrogens is 352 g/mol. The molecule has 2 aromatic heterocycles. The van der Waals surface area contributed by atoms with Gasteiger partial charge < -0.3 is 4.90 Å². The van der Waals surface area contributed by atoms with Crippen LogP contribution in [0, 0.1) is 0 Å². The molecule has 1 atom stereocenters. The summed E-state index contributed by atoms with van der Waals surface area (Å²) in [5, 5.41) is 9.31. The van der Waals surface area contributed by atoms with Gasteiger partial charge in [-0.25, -0.2) is 4.68 Å². The summed E-state index contributed by atoms with van der Waals surface area (Å²) in [6.45, 7) is 8.04. The minimum Gasteiger partial charge on any atom is -0.371 e. The summed E-state index contributed by atoms with van der Waals surface area (Å²) in [6.07, 6.45) is 7.56. The summed E-state index contributed by atoms with van der Waals surface area (Å²) >= 11 is 0. The minimum absolute atomic E-state index is 0.00527. The van der Waals surface area contributed by atoms with Crippen molar-refractivity contribution >= 4 is 5.69 Å². The fraction of sp³-hybridized carbons (Fsp3) is 0.667. The Bertz CT molecular complexity index is 847. The van der Waals surface area contributed by atoms with Crippen molar-refractivity contribution in [3.05, 3.63) is 40.1 Å². The lowest BCUT2D eigenvalue weighted by Crippen LogP contribution is -2.40. The normalized spacial score (nSPS) is 20.4. The Balaban J connectivity index is 1.45. The molecular formula is C21H32N6O. The van der Waals surface area contributed by atoms with E-state index in [1.807, 2.05) is 13.2 Å². The molecule has 4 rings (SSSR count). The maximum atomic E-state index is 12.7. The average Bonchev–Trinajstić information content (AvgIpc) is 3.09. The van der Waals surface area contributed by atoms with Crippen molar-refractivity contribution in [2.45, 2.75) is 71.1 Å². The van der Waals surface area contributed by atoms with E-state index in [1.54, 1.807) is 10.7 Å². The van der Waals surface area contributed by atoms with Crippen molar-refractivity contribution < 1.29 is 0 Å². The Morgan fingerprint density at radius 2 is 2.07 bits per heavy atom. The van der Waals surface area contributed by atoms with E-state index in [-0.39, 0.29) is 11.6 Å². The van der Waals surface area contributed by atoms with E-state index >= 15 is 0 Å². The third-order valence-electron chi connectivity index (χ3n) is 6.17. The monoisotopic (exact) mass is 384 g/mol. The van der Waals surface area contributed by atoms with Gasteiger partial charge in [-0.15, -0.1) is 0 Å². The first-order valence-corrected chi connectivity index (χ1v) is 10.6. The zero-order valence-corrected chi connectivity index (χ0v) is 17.3. The van der Waals surface area contributed by atoms with E-state index in [2.05, 4.69) is 39.5 Å². The molecule has 2 aliphatic rings. The molecule has 0 amide bonds. The molecule has 2 aromatic rings. The van der Waals surface area contributed by atoms with Crippen LogP contribution in [0.3, 0.4) is 0 Å². The highest BCUT2D eigenvalue weighted by molar-refractivity contribution is 5.42. The maximum Gasteiger partial charge on any atom is 0.269 e. The van der Waals surface area contributed by atoms with Gasteiger partial charge in [0.15, 0.2) is 0 Å². The van der Waals surface area contributed by atoms with Gasteiger partial charge in [-0.05, 0) is 58.6 Å². The van der Waals surface area contributed by atoms with Gasteiger partial charge in [-0.1, -0.05) is 0 Å². The number of piperidine rings is 1. The zero-order chi connectivity index (χ0) is 19.7. The standard InChI is InChI=1S/C21H32N6O/c1-16(2)24(3)20-12-21(28)27(22-13-20)19-8-6-9-25(15-19)14-17-11-18-7-4-5-10-26(18)23-17/h11-13,16,19H,4-10,14-15H2,1-3H3. The molecule has 0 aliphatic carbocycles. The van der Waals surface area contributed by atoms with Crippen LogP contribution in [-0.2, 0) is 19.5 Å². The lowest BCUT2D eigenvalue weighted by molar-refractivity contribution is 0.158. The highest BCUT2D eigenvalue weighted by Gasteiger charge is 2.24. The number of aryl methyl sites for hydroxylation is 2. The Morgan fingerprint density at radius 1 is 1.21 bits per heavy atom. The quantitative estimate of drug-likeness (QED) is 0.793. The van der Waals surface area contributed by atoms with E-state index in [9.17, 15) is 4.79 Å². The Morgan fingerprint density at radius 3 is 2.82 bits per heavy atom. The summed E-state index contributed by atoms with van der Waals surface area (Å²) in [5.41, 5.74) is 3.41. The van der Waals surface area contributed by atoms with Gasteiger partial charge in [0.05, 0.1) is 23.6 Å². The van der Waals surface area contributed by atoms with Crippen molar-refractivity contribution in [3.63, 3.8) is 0 Å². The second-order valence-electron chi connectivity index (χ2n) is 8.54. The second-order valence-corrected chi connectivity index (χ2v) is 8.54. The molecule has 152 valence electrons. The van der Waals surface area contributed by atoms with Gasteiger partial charge in [-0.3, -0.25) is 14.4 Å². The molecule has 0 bridgehead atoms. The van der Waals surface area contributed by atoms with Gasteiger partial charge in [0.25, 0.3) is 5.56 Å². The first-order valence-electron chi connectivity index (χ1n) is 10.6. The molecule has 0 spiro atoms. The van der Waals surface area contributed by atoms with E-state index in [0.717, 1.165) is 56.8 Å². The highest BCUT2D eigenvalue weighted by atomic mass is 16.1. The smallest absolute Gasteiger partial charge is 0.269 e. The summed E-state index contributed by atoms with van der Waals surface area (Å²) < 4.78 is 3.86. The van der Waals surface area contributed by atoms with Crippen LogP contribution in [0.15, 0.2) is 23.1 Å². The molecule has 4 heterocycles. The van der Waals surface area contributed by atoms with Crippen molar-refractivity contribution in [2.75, 3.05) is 25.0 Å². The number of likely N-dealkylation sites (tertiary alicyclic amines) is 1. The number of aromatic nitrogens is 4. The van der Waals surface area contributed by atoms with E-state index in [4.69, 9.17) is 5.10 Å². The SMILES string of the molecule is CC(C)N(C)c1cnn(C2CCCN(Cc3cc4n(n3)CCCC4)C2)c(=O)c1. The first kappa shape index (κ1) is 19.2. The van der Waals surface area contributed by atoms with Gasteiger partial charge in [0.2, 0.25) is 0 Å². The predicted octanol–water partition coefficient (Wildman–Crippen LogP) is 2.46. The van der Waals surface area contributed by atoms with Crippen LogP contribution in [0.1, 0.15) is 57.0 Å². The molecule has 0 aromatic carbocycles. The van der Waals surface area contributed by atoms with Crippen LogP contribution in [0.2, 0.25) is 0 Å². The summed E-state index contributed by atoms with van der Waals surface area (Å²) in [5.74, 6) is 0. The van der Waals surface area contributed by atoms with Gasteiger partial charge in [0, 0.05) is 44.5 Å². The van der Waals surface area contributed by atoms with E-state index < -0.39 is 0 Å². The lowest BCUT2D eigenvalue weighted by atomic mass is 10.1. The zero-order valence-electron chi connectivity index (χ0n) is 17.3. The van der Waals surface area contributed by atoms with Crippen LogP contribution in [0.5, 0.6) is 0 Å². The lowest BCUT2D eigenvalue weighted by Gasteiger charge is -2.32. The number of hydrogen-bond donors (Lipinski definition) is 0. The molecule has 0 saturated carbocycles. The minimum atomic E-state index is -0.00527. The third kappa shape index (κ3) is 3.99. The molecule has 1 unspecified atom stereocenters. The molecule has 1 fully saturated rings. The summed E-state index contributed by atoms with van der Waals surface area (Å²) in [4.78, 5) is 17.2. The largest absolute Gasteiger partial charge is 0.371 e. The fourth-order valence-electron chi connectivity index (χ4n) is 4.33. The molecule has 2 aliphatic heterocycles. The highest BCUT2D eigenvalue weighted by Crippen LogP contribution is 2.23. The molecule has 0 radical (unpaired) electrons. The van der Waals surface area contributed by atoms with Crippen molar-refractivity contribution in [1.82, 2.24) is 24.5 Å². The van der Waals surface area contributed by atoms with Crippen LogP contribution in [0.4, 0.5) is 5.69 Å². The van der Waals surface area contributed by atoms with Gasteiger partial charge >= 0.3 is 0 Å². The molecule has 28 heavy (non-hydrogen) atoms. The number of rotatable bonds is 5. The van der Waals surface area contributed by atoms with Crippen LogP contribution < -0.4 is 10.5 Å². The maximum absolute atomic E-state index is 12.7. The second kappa shape index (κ2) is 8.07. The third-order valence-corrected chi connectivity index (χ3v) is 6.17. The van der Waals surface area contributed by atoms with Crippen molar-refractivity contribution in [3.8, 4) is 0 Å². The van der Waals surface area contributed by atoms with Gasteiger partial charge in [0.1, 0.15) is 0 Å². The van der Waals surface area contributed by atoms with Gasteiger partial charge in [-0.2, -0.15) is 10.2 Å². The van der Waals surface area contributed by atoms with Crippen LogP contribution in [0.25, 0.3) is 0 Å². The van der Waals surface area contributed by atoms with E-state index in [1.165, 1.54) is 18.5 Å². The summed E-state index contributed by atoms with van der Waals surface area (Å²) in [6, 6.07) is 4.46. The number of nitrogens with zero attached hydrogens (tertiary/aromatic N) is 6. The molecule has 7 nitrogen and oxygen atoms in total. The van der Waals surface area contributed by atoms with Crippen molar-refractivity contribution in [2.24, 2.45) is 0 Å². The predicted molar refractivity (Wildman–Crippen MR) is 111 cm³/mol. The Hall–Kier alpha value is -2.15. The Labute approximate surface area is 166 Å². The average molecular weight is 385 g/mol. The van der Waals surface area contributed by atoms with E-state index in [0.29, 0.717) is 6.04 Å². The van der Waals surface area contributed by atoms with Crippen molar-refractivity contribution in [1.29, 1.82) is 0 Å².